The molecule has 114 valence electrons. The number of anilines is 1. The van der Waals surface area contributed by atoms with Gasteiger partial charge >= 0.3 is 0 Å². The summed E-state index contributed by atoms with van der Waals surface area (Å²) in [7, 11) is 0. The molecule has 4 nitrogen and oxygen atoms in total. The van der Waals surface area contributed by atoms with Crippen molar-refractivity contribution in [1.29, 1.82) is 0 Å². The van der Waals surface area contributed by atoms with Crippen molar-refractivity contribution in [2.75, 3.05) is 25.1 Å². The SMILES string of the molecule is OCCOc1ccc(NC2C3CCOC3C23CCC3)cc1. The molecule has 3 aliphatic rings. The molecule has 1 aromatic rings. The summed E-state index contributed by atoms with van der Waals surface area (Å²) in [5, 5.41) is 12.5. The Balaban J connectivity index is 1.43. The topological polar surface area (TPSA) is 50.7 Å². The molecule has 0 aromatic heterocycles. The van der Waals surface area contributed by atoms with Gasteiger partial charge in [-0.15, -0.1) is 0 Å². The number of aliphatic hydroxyl groups is 1. The second kappa shape index (κ2) is 5.18. The van der Waals surface area contributed by atoms with E-state index in [1.165, 1.54) is 25.7 Å². The number of ether oxygens (including phenoxy) is 2. The van der Waals surface area contributed by atoms with E-state index in [-0.39, 0.29) is 6.61 Å². The Morgan fingerprint density at radius 1 is 1.29 bits per heavy atom. The minimum Gasteiger partial charge on any atom is -0.491 e. The highest BCUT2D eigenvalue weighted by Crippen LogP contribution is 2.63. The average Bonchev–Trinajstić information content (AvgIpc) is 2.87. The first-order valence-corrected chi connectivity index (χ1v) is 8.05. The van der Waals surface area contributed by atoms with Gasteiger partial charge in [-0.2, -0.15) is 0 Å². The van der Waals surface area contributed by atoms with Crippen LogP contribution in [-0.2, 0) is 4.74 Å². The highest BCUT2D eigenvalue weighted by molar-refractivity contribution is 5.49. The number of aliphatic hydroxyl groups excluding tert-OH is 1. The summed E-state index contributed by atoms with van der Waals surface area (Å²) < 4.78 is 11.4. The summed E-state index contributed by atoms with van der Waals surface area (Å²) in [6.45, 7) is 1.33. The van der Waals surface area contributed by atoms with Gasteiger partial charge in [0.25, 0.3) is 0 Å². The van der Waals surface area contributed by atoms with Gasteiger partial charge in [0.1, 0.15) is 12.4 Å². The van der Waals surface area contributed by atoms with Crippen molar-refractivity contribution in [3.8, 4) is 5.75 Å². The van der Waals surface area contributed by atoms with Gasteiger partial charge in [-0.1, -0.05) is 6.42 Å². The van der Waals surface area contributed by atoms with Crippen LogP contribution in [0.4, 0.5) is 5.69 Å². The average molecular weight is 289 g/mol. The lowest BCUT2D eigenvalue weighted by Crippen LogP contribution is -2.68. The maximum atomic E-state index is 8.77. The molecule has 0 amide bonds. The number of fused-ring (bicyclic) bond motifs is 2. The second-order valence-corrected chi connectivity index (χ2v) is 6.55. The normalized spacial score (nSPS) is 32.1. The van der Waals surface area contributed by atoms with Crippen LogP contribution in [0.1, 0.15) is 25.7 Å². The van der Waals surface area contributed by atoms with E-state index in [2.05, 4.69) is 17.4 Å². The zero-order valence-electron chi connectivity index (χ0n) is 12.3. The third-order valence-electron chi connectivity index (χ3n) is 5.57. The molecule has 21 heavy (non-hydrogen) atoms. The van der Waals surface area contributed by atoms with Crippen molar-refractivity contribution in [2.24, 2.45) is 11.3 Å². The Kier molecular flexibility index (Phi) is 3.31. The molecule has 4 rings (SSSR count). The van der Waals surface area contributed by atoms with Gasteiger partial charge in [0.15, 0.2) is 0 Å². The molecule has 1 aromatic carbocycles. The molecule has 1 heterocycles. The van der Waals surface area contributed by atoms with E-state index in [0.29, 0.717) is 30.1 Å². The van der Waals surface area contributed by atoms with Crippen LogP contribution in [0.5, 0.6) is 5.75 Å². The predicted octanol–water partition coefficient (Wildman–Crippen LogP) is 2.43. The number of rotatable bonds is 5. The molecule has 2 saturated carbocycles. The number of hydrogen-bond donors (Lipinski definition) is 2. The maximum absolute atomic E-state index is 8.77. The van der Waals surface area contributed by atoms with Gasteiger partial charge in [0.05, 0.1) is 12.7 Å². The van der Waals surface area contributed by atoms with Gasteiger partial charge < -0.3 is 19.9 Å². The van der Waals surface area contributed by atoms with Gasteiger partial charge in [-0.25, -0.2) is 0 Å². The van der Waals surface area contributed by atoms with Crippen molar-refractivity contribution in [2.45, 2.75) is 37.8 Å². The van der Waals surface area contributed by atoms with Crippen LogP contribution in [0.15, 0.2) is 24.3 Å². The highest BCUT2D eigenvalue weighted by atomic mass is 16.5. The molecule has 3 atom stereocenters. The first-order valence-electron chi connectivity index (χ1n) is 8.05. The van der Waals surface area contributed by atoms with Crippen molar-refractivity contribution in [1.82, 2.24) is 0 Å². The van der Waals surface area contributed by atoms with Crippen molar-refractivity contribution in [3.05, 3.63) is 24.3 Å². The molecule has 4 heteroatoms. The largest absolute Gasteiger partial charge is 0.491 e. The molecule has 2 N–H and O–H groups in total. The summed E-state index contributed by atoms with van der Waals surface area (Å²) in [5.41, 5.74) is 1.57. The lowest BCUT2D eigenvalue weighted by Gasteiger charge is -2.63. The number of nitrogens with one attached hydrogen (secondary N) is 1. The van der Waals surface area contributed by atoms with Crippen LogP contribution in [0.3, 0.4) is 0 Å². The van der Waals surface area contributed by atoms with Crippen molar-refractivity contribution in [3.63, 3.8) is 0 Å². The minimum atomic E-state index is 0.0493. The molecule has 3 fully saturated rings. The van der Waals surface area contributed by atoms with Crippen LogP contribution >= 0.6 is 0 Å². The number of benzene rings is 1. The van der Waals surface area contributed by atoms with Crippen LogP contribution in [0.25, 0.3) is 0 Å². The van der Waals surface area contributed by atoms with Crippen LogP contribution in [0.2, 0.25) is 0 Å². The fourth-order valence-electron chi connectivity index (χ4n) is 4.45. The van der Waals surface area contributed by atoms with Crippen molar-refractivity contribution >= 4 is 5.69 Å². The third kappa shape index (κ3) is 2.04. The van der Waals surface area contributed by atoms with E-state index in [0.717, 1.165) is 18.0 Å². The standard InChI is InChI=1S/C17H23NO3/c19-9-11-20-13-4-2-12(3-5-13)18-15-14-6-10-21-16(14)17(15)7-1-8-17/h2-5,14-16,18-19H,1,6-11H2. The third-order valence-corrected chi connectivity index (χ3v) is 5.57. The predicted molar refractivity (Wildman–Crippen MR) is 80.6 cm³/mol. The Bertz CT molecular complexity index is 497. The van der Waals surface area contributed by atoms with E-state index in [1.54, 1.807) is 0 Å². The molecule has 1 spiro atoms. The molecule has 2 aliphatic carbocycles. The molecule has 3 unspecified atom stereocenters. The number of hydrogen-bond acceptors (Lipinski definition) is 4. The highest BCUT2D eigenvalue weighted by Gasteiger charge is 2.66. The Hall–Kier alpha value is -1.26. The van der Waals surface area contributed by atoms with Crippen molar-refractivity contribution < 1.29 is 14.6 Å². The quantitative estimate of drug-likeness (QED) is 0.874. The minimum absolute atomic E-state index is 0.0493. The summed E-state index contributed by atoms with van der Waals surface area (Å²) in [6, 6.07) is 8.65. The lowest BCUT2D eigenvalue weighted by molar-refractivity contribution is -0.158. The van der Waals surface area contributed by atoms with Gasteiger partial charge in [0, 0.05) is 29.7 Å². The zero-order valence-corrected chi connectivity index (χ0v) is 12.3. The molecule has 1 saturated heterocycles. The molecular weight excluding hydrogens is 266 g/mol. The van der Waals surface area contributed by atoms with Crippen LogP contribution in [0, 0.1) is 11.3 Å². The van der Waals surface area contributed by atoms with E-state index < -0.39 is 0 Å². The molecular formula is C17H23NO3. The first-order chi connectivity index (χ1) is 10.3. The Labute approximate surface area is 125 Å². The molecule has 0 bridgehead atoms. The van der Waals surface area contributed by atoms with E-state index >= 15 is 0 Å². The monoisotopic (exact) mass is 289 g/mol. The summed E-state index contributed by atoms with van der Waals surface area (Å²) >= 11 is 0. The fraction of sp³-hybridized carbons (Fsp3) is 0.647. The Morgan fingerprint density at radius 3 is 2.76 bits per heavy atom. The summed E-state index contributed by atoms with van der Waals surface area (Å²) in [4.78, 5) is 0. The van der Waals surface area contributed by atoms with E-state index in [4.69, 9.17) is 14.6 Å². The summed E-state index contributed by atoms with van der Waals surface area (Å²) in [6.07, 6.45) is 5.67. The van der Waals surface area contributed by atoms with Gasteiger partial charge in [0.2, 0.25) is 0 Å². The summed E-state index contributed by atoms with van der Waals surface area (Å²) in [5.74, 6) is 1.50. The van der Waals surface area contributed by atoms with E-state index in [9.17, 15) is 0 Å². The second-order valence-electron chi connectivity index (χ2n) is 6.55. The lowest BCUT2D eigenvalue weighted by atomic mass is 9.46. The van der Waals surface area contributed by atoms with E-state index in [1.807, 2.05) is 12.1 Å². The zero-order chi connectivity index (χ0) is 14.3. The van der Waals surface area contributed by atoms with Crippen LogP contribution in [-0.4, -0.2) is 37.1 Å². The van der Waals surface area contributed by atoms with Gasteiger partial charge in [-0.3, -0.25) is 0 Å². The Morgan fingerprint density at radius 2 is 2.10 bits per heavy atom. The fourth-order valence-corrected chi connectivity index (χ4v) is 4.45. The molecule has 0 radical (unpaired) electrons. The first kappa shape index (κ1) is 13.4. The maximum Gasteiger partial charge on any atom is 0.119 e. The van der Waals surface area contributed by atoms with Crippen LogP contribution < -0.4 is 10.1 Å². The smallest absolute Gasteiger partial charge is 0.119 e. The van der Waals surface area contributed by atoms with Gasteiger partial charge in [-0.05, 0) is 43.5 Å². The molecule has 1 aliphatic heterocycles.